The minimum Gasteiger partial charge on any atom is -0.330 e. The van der Waals surface area contributed by atoms with Crippen molar-refractivity contribution < 1.29 is 0 Å². The number of aromatic nitrogens is 2. The van der Waals surface area contributed by atoms with Gasteiger partial charge in [-0.15, -0.1) is 0 Å². The molecule has 17 heavy (non-hydrogen) atoms. The molecule has 0 radical (unpaired) electrons. The highest BCUT2D eigenvalue weighted by molar-refractivity contribution is 5.07. The molecule has 4 heteroatoms. The first-order valence-corrected chi connectivity index (χ1v) is 6.59. The maximum Gasteiger partial charge on any atom is 0.0951 e. The summed E-state index contributed by atoms with van der Waals surface area (Å²) in [5, 5.41) is 0. The van der Waals surface area contributed by atoms with Crippen LogP contribution in [0.5, 0.6) is 0 Å². The molecule has 0 bridgehead atoms. The molecule has 2 unspecified atom stereocenters. The number of nitrogens with zero attached hydrogens (tertiary/aromatic N) is 3. The zero-order valence-corrected chi connectivity index (χ0v) is 11.1. The predicted molar refractivity (Wildman–Crippen MR) is 69.8 cm³/mol. The Morgan fingerprint density at radius 1 is 1.59 bits per heavy atom. The van der Waals surface area contributed by atoms with Crippen LogP contribution in [0.4, 0.5) is 0 Å². The highest BCUT2D eigenvalue weighted by Crippen LogP contribution is 2.30. The second kappa shape index (κ2) is 5.19. The zero-order chi connectivity index (χ0) is 12.4. The molecular weight excluding hydrogens is 212 g/mol. The Morgan fingerprint density at radius 3 is 3.00 bits per heavy atom. The SMILES string of the molecule is CC[C@@H](N)c1cncn1C1CCN(C)CC1C. The maximum atomic E-state index is 6.15. The van der Waals surface area contributed by atoms with Crippen LogP contribution < -0.4 is 5.73 Å². The number of rotatable bonds is 3. The van der Waals surface area contributed by atoms with E-state index >= 15 is 0 Å². The van der Waals surface area contributed by atoms with Crippen LogP contribution in [-0.4, -0.2) is 34.6 Å². The lowest BCUT2D eigenvalue weighted by molar-refractivity contribution is 0.156. The topological polar surface area (TPSA) is 47.1 Å². The van der Waals surface area contributed by atoms with Crippen molar-refractivity contribution in [1.82, 2.24) is 14.5 Å². The lowest BCUT2D eigenvalue weighted by atomic mass is 9.93. The van der Waals surface area contributed by atoms with Crippen molar-refractivity contribution in [2.75, 3.05) is 20.1 Å². The Morgan fingerprint density at radius 2 is 2.35 bits per heavy atom. The standard InChI is InChI=1S/C13H24N4/c1-4-11(14)13-7-15-9-17(13)12-5-6-16(3)8-10(12)2/h7,9-12H,4-6,8,14H2,1-3H3/t10?,11-,12?/m1/s1. The lowest BCUT2D eigenvalue weighted by Gasteiger charge is -2.36. The summed E-state index contributed by atoms with van der Waals surface area (Å²) in [5.74, 6) is 0.658. The third-order valence-corrected chi connectivity index (χ3v) is 3.94. The fraction of sp³-hybridized carbons (Fsp3) is 0.769. The maximum absolute atomic E-state index is 6.15. The Labute approximate surface area is 104 Å². The molecule has 1 aliphatic heterocycles. The average molecular weight is 236 g/mol. The third-order valence-electron chi connectivity index (χ3n) is 3.94. The van der Waals surface area contributed by atoms with Gasteiger partial charge in [-0.05, 0) is 32.4 Å². The number of hydrogen-bond acceptors (Lipinski definition) is 3. The van der Waals surface area contributed by atoms with Gasteiger partial charge in [-0.25, -0.2) is 4.98 Å². The monoisotopic (exact) mass is 236 g/mol. The lowest BCUT2D eigenvalue weighted by Crippen LogP contribution is -2.38. The smallest absolute Gasteiger partial charge is 0.0951 e. The molecule has 3 atom stereocenters. The predicted octanol–water partition coefficient (Wildman–Crippen LogP) is 1.81. The Bertz CT molecular complexity index is 360. The summed E-state index contributed by atoms with van der Waals surface area (Å²) in [6.07, 6.45) is 6.04. The van der Waals surface area contributed by atoms with Crippen molar-refractivity contribution >= 4 is 0 Å². The zero-order valence-electron chi connectivity index (χ0n) is 11.1. The number of likely N-dealkylation sites (tertiary alicyclic amines) is 1. The van der Waals surface area contributed by atoms with Gasteiger partial charge in [-0.2, -0.15) is 0 Å². The van der Waals surface area contributed by atoms with Crippen molar-refractivity contribution in [2.24, 2.45) is 11.7 Å². The molecule has 1 aromatic rings. The van der Waals surface area contributed by atoms with E-state index in [1.54, 1.807) is 0 Å². The summed E-state index contributed by atoms with van der Waals surface area (Å²) in [6.45, 7) is 6.76. The molecule has 1 aliphatic rings. The minimum atomic E-state index is 0.115. The number of imidazole rings is 1. The molecule has 1 aromatic heterocycles. The van der Waals surface area contributed by atoms with Crippen molar-refractivity contribution in [1.29, 1.82) is 0 Å². The average Bonchev–Trinajstić information content (AvgIpc) is 2.77. The second-order valence-electron chi connectivity index (χ2n) is 5.34. The quantitative estimate of drug-likeness (QED) is 0.870. The Balaban J connectivity index is 2.19. The summed E-state index contributed by atoms with van der Waals surface area (Å²) in [7, 11) is 2.19. The molecule has 1 saturated heterocycles. The van der Waals surface area contributed by atoms with Crippen LogP contribution >= 0.6 is 0 Å². The van der Waals surface area contributed by atoms with E-state index < -0.39 is 0 Å². The van der Waals surface area contributed by atoms with E-state index in [4.69, 9.17) is 5.73 Å². The highest BCUT2D eigenvalue weighted by atomic mass is 15.2. The molecule has 2 rings (SSSR count). The molecule has 1 fully saturated rings. The molecule has 96 valence electrons. The van der Waals surface area contributed by atoms with Crippen molar-refractivity contribution in [2.45, 2.75) is 38.8 Å². The van der Waals surface area contributed by atoms with Crippen LogP contribution in [0.2, 0.25) is 0 Å². The number of piperidine rings is 1. The van der Waals surface area contributed by atoms with Crippen molar-refractivity contribution in [3.05, 3.63) is 18.2 Å². The molecule has 2 heterocycles. The van der Waals surface area contributed by atoms with E-state index in [2.05, 4.69) is 35.3 Å². The van der Waals surface area contributed by atoms with E-state index in [1.165, 1.54) is 12.1 Å². The van der Waals surface area contributed by atoms with Gasteiger partial charge in [0, 0.05) is 24.8 Å². The molecule has 0 aliphatic carbocycles. The summed E-state index contributed by atoms with van der Waals surface area (Å²) >= 11 is 0. The van der Waals surface area contributed by atoms with Crippen LogP contribution in [0, 0.1) is 5.92 Å². The third kappa shape index (κ3) is 2.53. The van der Waals surface area contributed by atoms with Crippen LogP contribution in [0.25, 0.3) is 0 Å². The molecule has 0 saturated carbocycles. The second-order valence-corrected chi connectivity index (χ2v) is 5.34. The van der Waals surface area contributed by atoms with Crippen LogP contribution in [-0.2, 0) is 0 Å². The van der Waals surface area contributed by atoms with Crippen LogP contribution in [0.3, 0.4) is 0 Å². The Hall–Kier alpha value is -0.870. The van der Waals surface area contributed by atoms with Crippen molar-refractivity contribution in [3.63, 3.8) is 0 Å². The summed E-state index contributed by atoms with van der Waals surface area (Å²) in [6, 6.07) is 0.672. The first-order chi connectivity index (χ1) is 8.13. The fourth-order valence-corrected chi connectivity index (χ4v) is 2.84. The Kier molecular flexibility index (Phi) is 3.84. The van der Waals surface area contributed by atoms with Gasteiger partial charge >= 0.3 is 0 Å². The van der Waals surface area contributed by atoms with E-state index in [0.717, 1.165) is 19.5 Å². The first-order valence-electron chi connectivity index (χ1n) is 6.59. The molecule has 0 spiro atoms. The minimum absolute atomic E-state index is 0.115. The number of hydrogen-bond donors (Lipinski definition) is 1. The van der Waals surface area contributed by atoms with Gasteiger partial charge in [-0.3, -0.25) is 0 Å². The van der Waals surface area contributed by atoms with E-state index in [-0.39, 0.29) is 6.04 Å². The van der Waals surface area contributed by atoms with Crippen LogP contribution in [0.1, 0.15) is 44.5 Å². The molecule has 4 nitrogen and oxygen atoms in total. The summed E-state index contributed by atoms with van der Waals surface area (Å²) in [5.41, 5.74) is 7.34. The fourth-order valence-electron chi connectivity index (χ4n) is 2.84. The van der Waals surface area contributed by atoms with Gasteiger partial charge in [0.25, 0.3) is 0 Å². The van der Waals surface area contributed by atoms with Crippen molar-refractivity contribution in [3.8, 4) is 0 Å². The van der Waals surface area contributed by atoms with Gasteiger partial charge < -0.3 is 15.2 Å². The number of nitrogens with two attached hydrogens (primary N) is 1. The van der Waals surface area contributed by atoms with Gasteiger partial charge in [-0.1, -0.05) is 13.8 Å². The molecule has 2 N–H and O–H groups in total. The normalized spacial score (nSPS) is 28.2. The summed E-state index contributed by atoms with van der Waals surface area (Å²) in [4.78, 5) is 6.69. The van der Waals surface area contributed by atoms with Gasteiger partial charge in [0.05, 0.1) is 12.0 Å². The van der Waals surface area contributed by atoms with Gasteiger partial charge in [0.1, 0.15) is 0 Å². The highest BCUT2D eigenvalue weighted by Gasteiger charge is 2.27. The van der Waals surface area contributed by atoms with Crippen LogP contribution in [0.15, 0.2) is 12.5 Å². The van der Waals surface area contributed by atoms with E-state index in [9.17, 15) is 0 Å². The summed E-state index contributed by atoms with van der Waals surface area (Å²) < 4.78 is 2.31. The molecule has 0 aromatic carbocycles. The molecule has 0 amide bonds. The van der Waals surface area contributed by atoms with Gasteiger partial charge in [0.2, 0.25) is 0 Å². The first kappa shape index (κ1) is 12.6. The van der Waals surface area contributed by atoms with E-state index in [1.807, 2.05) is 12.5 Å². The largest absolute Gasteiger partial charge is 0.330 e. The van der Waals surface area contributed by atoms with E-state index in [0.29, 0.717) is 12.0 Å². The molecular formula is C13H24N4. The van der Waals surface area contributed by atoms with Gasteiger partial charge in [0.15, 0.2) is 0 Å².